The smallest absolute Gasteiger partial charge is 0.381 e. The summed E-state index contributed by atoms with van der Waals surface area (Å²) in [5, 5.41) is 43.6. The molecule has 1 aliphatic heterocycles. The first kappa shape index (κ1) is 11.7. The number of hydrogen-bond donors (Lipinski definition) is 5. The van der Waals surface area contributed by atoms with Crippen LogP contribution in [0.4, 0.5) is 8.78 Å². The van der Waals surface area contributed by atoms with Crippen LogP contribution in [0, 0.1) is 0 Å². The Kier molecular flexibility index (Phi) is 2.78. The monoisotopic (exact) mass is 216 g/mol. The molecular weight excluding hydrogens is 206 g/mol. The first-order valence-corrected chi connectivity index (χ1v) is 3.71. The van der Waals surface area contributed by atoms with E-state index < -0.39 is 36.8 Å². The van der Waals surface area contributed by atoms with E-state index in [4.69, 9.17) is 25.5 Å². The zero-order chi connectivity index (χ0) is 11.1. The number of halogens is 2. The number of rotatable bonds is 1. The molecule has 5 atom stereocenters. The molecule has 1 saturated heterocycles. The molecule has 0 saturated carbocycles. The van der Waals surface area contributed by atoms with Gasteiger partial charge in [0.15, 0.2) is 0 Å². The second kappa shape index (κ2) is 3.33. The molecule has 0 aliphatic carbocycles. The van der Waals surface area contributed by atoms with Gasteiger partial charge in [-0.2, -0.15) is 8.78 Å². The summed E-state index contributed by atoms with van der Waals surface area (Å²) in [4.78, 5) is 0. The average molecular weight is 216 g/mol. The highest BCUT2D eigenvalue weighted by Crippen LogP contribution is 2.38. The van der Waals surface area contributed by atoms with Gasteiger partial charge in [-0.05, 0) is 0 Å². The van der Waals surface area contributed by atoms with E-state index in [9.17, 15) is 8.78 Å². The fraction of sp³-hybridized carbons (Fsp3) is 1.00. The second-order valence-electron chi connectivity index (χ2n) is 3.01. The van der Waals surface area contributed by atoms with Crippen molar-refractivity contribution in [3.8, 4) is 0 Å². The van der Waals surface area contributed by atoms with Crippen LogP contribution in [-0.4, -0.2) is 62.3 Å². The highest BCUT2D eigenvalue weighted by atomic mass is 19.2. The molecule has 1 aliphatic rings. The summed E-state index contributed by atoms with van der Waals surface area (Å²) in [5.41, 5.74) is 0. The summed E-state index contributed by atoms with van der Waals surface area (Å²) in [6, 6.07) is -4.18. The molecule has 0 aromatic carbocycles. The van der Waals surface area contributed by atoms with E-state index in [0.29, 0.717) is 0 Å². The molecule has 0 bridgehead atoms. The minimum absolute atomic E-state index is 0.958. The number of aliphatic hydroxyl groups excluding tert-OH is 3. The van der Waals surface area contributed by atoms with Gasteiger partial charge in [0, 0.05) is 0 Å². The predicted molar refractivity (Wildman–Crippen MR) is 36.1 cm³/mol. The van der Waals surface area contributed by atoms with Gasteiger partial charge in [-0.3, -0.25) is 0 Å². The maximum atomic E-state index is 12.9. The van der Waals surface area contributed by atoms with Crippen molar-refractivity contribution < 1.29 is 39.1 Å². The van der Waals surface area contributed by atoms with Crippen LogP contribution in [0.2, 0.25) is 0 Å². The van der Waals surface area contributed by atoms with Gasteiger partial charge in [0.1, 0.15) is 18.3 Å². The largest absolute Gasteiger partial charge is 0.394 e. The van der Waals surface area contributed by atoms with E-state index in [1.807, 2.05) is 0 Å². The van der Waals surface area contributed by atoms with Crippen molar-refractivity contribution in [3.63, 3.8) is 0 Å². The summed E-state index contributed by atoms with van der Waals surface area (Å²) >= 11 is 0. The molecule has 0 amide bonds. The Morgan fingerprint density at radius 2 is 1.71 bits per heavy atom. The van der Waals surface area contributed by atoms with E-state index >= 15 is 0 Å². The molecule has 6 nitrogen and oxygen atoms in total. The van der Waals surface area contributed by atoms with Crippen molar-refractivity contribution in [2.45, 2.75) is 30.2 Å². The summed E-state index contributed by atoms with van der Waals surface area (Å²) in [5.74, 6) is -4.15. The molecule has 84 valence electrons. The summed E-state index contributed by atoms with van der Waals surface area (Å²) in [7, 11) is 0. The normalized spacial score (nSPS) is 54.6. The highest BCUT2D eigenvalue weighted by Gasteiger charge is 2.66. The van der Waals surface area contributed by atoms with Crippen molar-refractivity contribution in [1.82, 2.24) is 0 Å². The highest BCUT2D eigenvalue weighted by molar-refractivity contribution is 4.96. The van der Waals surface area contributed by atoms with E-state index in [2.05, 4.69) is 4.74 Å². The molecule has 5 N–H and O–H groups in total. The van der Waals surface area contributed by atoms with Gasteiger partial charge in [-0.15, -0.1) is 0 Å². The Morgan fingerprint density at radius 3 is 2.14 bits per heavy atom. The van der Waals surface area contributed by atoms with Crippen LogP contribution in [0.5, 0.6) is 0 Å². The summed E-state index contributed by atoms with van der Waals surface area (Å²) < 4.78 is 29.6. The van der Waals surface area contributed by atoms with Crippen molar-refractivity contribution in [1.29, 1.82) is 0 Å². The SMILES string of the molecule is OC[C@H]1O[C@](O)(F)[C@](O)(F)[C@@H](O)[C@@H]1O. The first-order chi connectivity index (χ1) is 6.24. The zero-order valence-corrected chi connectivity index (χ0v) is 6.84. The van der Waals surface area contributed by atoms with Crippen LogP contribution in [0.15, 0.2) is 0 Å². The Balaban J connectivity index is 2.95. The van der Waals surface area contributed by atoms with Crippen molar-refractivity contribution >= 4 is 0 Å². The molecule has 0 unspecified atom stereocenters. The van der Waals surface area contributed by atoms with Crippen molar-refractivity contribution in [2.24, 2.45) is 0 Å². The van der Waals surface area contributed by atoms with Gasteiger partial charge in [-0.1, -0.05) is 0 Å². The lowest BCUT2D eigenvalue weighted by atomic mass is 9.96. The van der Waals surface area contributed by atoms with Gasteiger partial charge in [0.2, 0.25) is 0 Å². The Hall–Kier alpha value is -0.380. The van der Waals surface area contributed by atoms with Crippen molar-refractivity contribution in [3.05, 3.63) is 0 Å². The molecular formula is C6H10F2O6. The molecule has 1 fully saturated rings. The molecule has 0 aromatic heterocycles. The second-order valence-corrected chi connectivity index (χ2v) is 3.01. The molecule has 8 heteroatoms. The standard InChI is InChI=1S/C6H10F2O6/c7-5(12)4(11)3(10)2(1-9)14-6(5,8)13/h2-4,9-13H,1H2/t2-,3-,4+,5+,6+/m1/s1. The van der Waals surface area contributed by atoms with Gasteiger partial charge in [0.25, 0.3) is 0 Å². The molecule has 14 heavy (non-hydrogen) atoms. The van der Waals surface area contributed by atoms with E-state index in [1.54, 1.807) is 0 Å². The number of ether oxygens (including phenoxy) is 1. The maximum Gasteiger partial charge on any atom is 0.381 e. The van der Waals surface area contributed by atoms with Gasteiger partial charge < -0.3 is 30.3 Å². The number of hydrogen-bond acceptors (Lipinski definition) is 6. The third-order valence-corrected chi connectivity index (χ3v) is 2.02. The van der Waals surface area contributed by atoms with Crippen LogP contribution in [0.1, 0.15) is 0 Å². The van der Waals surface area contributed by atoms with Crippen molar-refractivity contribution in [2.75, 3.05) is 6.61 Å². The molecule has 1 rings (SSSR count). The summed E-state index contributed by atoms with van der Waals surface area (Å²) in [6.45, 7) is -0.958. The van der Waals surface area contributed by atoms with Gasteiger partial charge in [-0.25, -0.2) is 0 Å². The fourth-order valence-electron chi connectivity index (χ4n) is 1.11. The molecule has 1 heterocycles. The maximum absolute atomic E-state index is 12.9. The van der Waals surface area contributed by atoms with E-state index in [0.717, 1.165) is 0 Å². The van der Waals surface area contributed by atoms with Crippen LogP contribution in [0.3, 0.4) is 0 Å². The van der Waals surface area contributed by atoms with Crippen LogP contribution in [0.25, 0.3) is 0 Å². The lowest BCUT2D eigenvalue weighted by Gasteiger charge is -2.43. The lowest BCUT2D eigenvalue weighted by molar-refractivity contribution is -0.471. The molecule has 0 aromatic rings. The first-order valence-electron chi connectivity index (χ1n) is 3.71. The third kappa shape index (κ3) is 1.49. The summed E-state index contributed by atoms with van der Waals surface area (Å²) in [6.07, 6.45) is -6.40. The Labute approximate surface area is 77.0 Å². The Morgan fingerprint density at radius 1 is 1.21 bits per heavy atom. The van der Waals surface area contributed by atoms with Gasteiger partial charge >= 0.3 is 11.9 Å². The zero-order valence-electron chi connectivity index (χ0n) is 6.84. The Bertz CT molecular complexity index is 220. The van der Waals surface area contributed by atoms with E-state index in [-0.39, 0.29) is 0 Å². The molecule has 0 spiro atoms. The number of aliphatic hydroxyl groups is 5. The van der Waals surface area contributed by atoms with Crippen LogP contribution in [-0.2, 0) is 4.74 Å². The van der Waals surface area contributed by atoms with Crippen LogP contribution < -0.4 is 0 Å². The quantitative estimate of drug-likeness (QED) is 0.328. The van der Waals surface area contributed by atoms with Crippen LogP contribution >= 0.6 is 0 Å². The minimum atomic E-state index is -4.18. The predicted octanol–water partition coefficient (Wildman–Crippen LogP) is -2.63. The number of alkyl halides is 2. The minimum Gasteiger partial charge on any atom is -0.394 e. The molecule has 0 radical (unpaired) electrons. The topological polar surface area (TPSA) is 110 Å². The van der Waals surface area contributed by atoms with E-state index in [1.165, 1.54) is 0 Å². The average Bonchev–Trinajstić information content (AvgIpc) is 2.09. The van der Waals surface area contributed by atoms with Gasteiger partial charge in [0.05, 0.1) is 6.61 Å². The fourth-order valence-corrected chi connectivity index (χ4v) is 1.11. The third-order valence-electron chi connectivity index (χ3n) is 2.02. The lowest BCUT2D eigenvalue weighted by Crippen LogP contribution is -2.69.